The molecule has 0 radical (unpaired) electrons. The maximum absolute atomic E-state index is 12.9. The minimum atomic E-state index is 0.187. The number of phenols is 1. The van der Waals surface area contributed by atoms with E-state index in [9.17, 15) is 9.90 Å². The number of Topliss-reactive ketones (excluding diaryl/α,β-unsaturated/α-hetero) is 1. The SMILES string of the molecule is Cc1ccc(O)cc1CC[C@@H]1C(=O)CC[C@]2(C)[C@@H]([C@H](C)C=CC(C)C)CC[C@@H]12. The van der Waals surface area contributed by atoms with Gasteiger partial charge in [0.1, 0.15) is 11.5 Å². The lowest BCUT2D eigenvalue weighted by Crippen LogP contribution is -2.43. The van der Waals surface area contributed by atoms with Crippen LogP contribution in [0.3, 0.4) is 0 Å². The molecule has 1 N–H and O–H groups in total. The molecule has 0 bridgehead atoms. The average Bonchev–Trinajstić information content (AvgIpc) is 2.99. The molecule has 28 heavy (non-hydrogen) atoms. The molecule has 3 rings (SSSR count). The number of aryl methyl sites for hydroxylation is 2. The van der Waals surface area contributed by atoms with E-state index in [0.717, 1.165) is 25.7 Å². The minimum absolute atomic E-state index is 0.187. The standard InChI is InChI=1S/C26H38O2/c1-17(2)6-7-19(4)23-12-13-24-22(25(28)14-15-26(23,24)5)11-9-20-16-21(27)10-8-18(20)3/h6-8,10,16-17,19,22-24,27H,9,11-15H2,1-5H3/t19-,22+,23-,24+,26-/m1/s1. The lowest BCUT2D eigenvalue weighted by Gasteiger charge is -2.46. The molecule has 1 aromatic rings. The first-order valence-electron chi connectivity index (χ1n) is 11.2. The van der Waals surface area contributed by atoms with Gasteiger partial charge in [-0.2, -0.15) is 0 Å². The van der Waals surface area contributed by atoms with Gasteiger partial charge in [0.2, 0.25) is 0 Å². The second-order valence-corrected chi connectivity index (χ2v) is 10.0. The van der Waals surface area contributed by atoms with Gasteiger partial charge >= 0.3 is 0 Å². The molecular formula is C26H38O2. The number of carbonyl (C=O) groups excluding carboxylic acids is 1. The Labute approximate surface area is 171 Å². The number of allylic oxidation sites excluding steroid dienone is 2. The molecule has 0 aliphatic heterocycles. The van der Waals surface area contributed by atoms with Crippen LogP contribution in [0, 0.1) is 41.9 Å². The summed E-state index contributed by atoms with van der Waals surface area (Å²) in [5, 5.41) is 9.83. The van der Waals surface area contributed by atoms with Gasteiger partial charge in [0.25, 0.3) is 0 Å². The second-order valence-electron chi connectivity index (χ2n) is 10.0. The smallest absolute Gasteiger partial charge is 0.136 e. The third kappa shape index (κ3) is 4.21. The summed E-state index contributed by atoms with van der Waals surface area (Å²) in [5.41, 5.74) is 2.68. The van der Waals surface area contributed by atoms with E-state index in [4.69, 9.17) is 0 Å². The first-order chi connectivity index (χ1) is 13.2. The van der Waals surface area contributed by atoms with Gasteiger partial charge in [-0.15, -0.1) is 0 Å². The van der Waals surface area contributed by atoms with Crippen molar-refractivity contribution in [1.82, 2.24) is 0 Å². The van der Waals surface area contributed by atoms with E-state index in [0.29, 0.717) is 35.2 Å². The van der Waals surface area contributed by atoms with Crippen molar-refractivity contribution in [2.45, 2.75) is 73.1 Å². The third-order valence-electron chi connectivity index (χ3n) is 7.78. The number of fused-ring (bicyclic) bond motifs is 1. The first kappa shape index (κ1) is 21.1. The van der Waals surface area contributed by atoms with Crippen LogP contribution in [0.1, 0.15) is 70.9 Å². The summed E-state index contributed by atoms with van der Waals surface area (Å²) in [4.78, 5) is 12.9. The van der Waals surface area contributed by atoms with Gasteiger partial charge in [0, 0.05) is 12.3 Å². The number of hydrogen-bond donors (Lipinski definition) is 1. The van der Waals surface area contributed by atoms with Crippen LogP contribution in [0.2, 0.25) is 0 Å². The summed E-state index contributed by atoms with van der Waals surface area (Å²) in [7, 11) is 0. The predicted molar refractivity (Wildman–Crippen MR) is 116 cm³/mol. The highest BCUT2D eigenvalue weighted by atomic mass is 16.3. The van der Waals surface area contributed by atoms with Crippen LogP contribution < -0.4 is 0 Å². The summed E-state index contributed by atoms with van der Waals surface area (Å²) < 4.78 is 0. The van der Waals surface area contributed by atoms with Crippen molar-refractivity contribution in [2.75, 3.05) is 0 Å². The molecule has 0 amide bonds. The van der Waals surface area contributed by atoms with Crippen molar-refractivity contribution in [3.63, 3.8) is 0 Å². The first-order valence-corrected chi connectivity index (χ1v) is 11.2. The van der Waals surface area contributed by atoms with Crippen LogP contribution in [-0.2, 0) is 11.2 Å². The van der Waals surface area contributed by atoms with E-state index in [1.807, 2.05) is 12.1 Å². The molecule has 2 heteroatoms. The van der Waals surface area contributed by atoms with Crippen molar-refractivity contribution in [1.29, 1.82) is 0 Å². The molecule has 2 aliphatic carbocycles. The summed E-state index contributed by atoms with van der Waals surface area (Å²) in [6, 6.07) is 5.60. The molecule has 2 saturated carbocycles. The minimum Gasteiger partial charge on any atom is -0.508 e. The maximum atomic E-state index is 12.9. The van der Waals surface area contributed by atoms with Crippen LogP contribution in [0.5, 0.6) is 5.75 Å². The highest BCUT2D eigenvalue weighted by Crippen LogP contribution is 2.59. The Morgan fingerprint density at radius 2 is 1.96 bits per heavy atom. The molecule has 2 fully saturated rings. The van der Waals surface area contributed by atoms with Gasteiger partial charge < -0.3 is 5.11 Å². The fraction of sp³-hybridized carbons (Fsp3) is 0.654. The third-order valence-corrected chi connectivity index (χ3v) is 7.78. The number of aromatic hydroxyl groups is 1. The molecule has 1 aromatic carbocycles. The molecule has 154 valence electrons. The van der Waals surface area contributed by atoms with Crippen molar-refractivity contribution in [3.05, 3.63) is 41.5 Å². The number of hydrogen-bond acceptors (Lipinski definition) is 2. The predicted octanol–water partition coefficient (Wildman–Crippen LogP) is 6.49. The zero-order chi connectivity index (χ0) is 20.5. The molecule has 2 aliphatic rings. The van der Waals surface area contributed by atoms with E-state index in [-0.39, 0.29) is 11.3 Å². The largest absolute Gasteiger partial charge is 0.508 e. The number of carbonyl (C=O) groups is 1. The number of rotatable bonds is 6. The van der Waals surface area contributed by atoms with Crippen LogP contribution in [-0.4, -0.2) is 10.9 Å². The van der Waals surface area contributed by atoms with Crippen molar-refractivity contribution < 1.29 is 9.90 Å². The van der Waals surface area contributed by atoms with Gasteiger partial charge in [-0.05, 0) is 91.4 Å². The quantitative estimate of drug-likeness (QED) is 0.571. The Morgan fingerprint density at radius 3 is 2.68 bits per heavy atom. The summed E-state index contributed by atoms with van der Waals surface area (Å²) in [5.74, 6) is 3.38. The van der Waals surface area contributed by atoms with Gasteiger partial charge in [0.15, 0.2) is 0 Å². The van der Waals surface area contributed by atoms with Crippen molar-refractivity contribution in [3.8, 4) is 5.75 Å². The van der Waals surface area contributed by atoms with Crippen LogP contribution in [0.15, 0.2) is 30.4 Å². The molecule has 0 spiro atoms. The van der Waals surface area contributed by atoms with E-state index in [1.165, 1.54) is 24.0 Å². The normalized spacial score (nSPS) is 31.5. The Morgan fingerprint density at radius 1 is 1.21 bits per heavy atom. The molecule has 0 saturated heterocycles. The highest BCUT2D eigenvalue weighted by molar-refractivity contribution is 5.82. The van der Waals surface area contributed by atoms with Crippen LogP contribution in [0.25, 0.3) is 0 Å². The van der Waals surface area contributed by atoms with E-state index in [1.54, 1.807) is 6.07 Å². The molecular weight excluding hydrogens is 344 g/mol. The number of ketones is 1. The Kier molecular flexibility index (Phi) is 6.37. The van der Waals surface area contributed by atoms with Gasteiger partial charge in [-0.25, -0.2) is 0 Å². The molecule has 0 aromatic heterocycles. The number of benzene rings is 1. The van der Waals surface area contributed by atoms with E-state index in [2.05, 4.69) is 46.8 Å². The zero-order valence-corrected chi connectivity index (χ0v) is 18.4. The zero-order valence-electron chi connectivity index (χ0n) is 18.4. The lowest BCUT2D eigenvalue weighted by molar-refractivity contribution is -0.132. The molecule has 2 nitrogen and oxygen atoms in total. The molecule has 5 atom stereocenters. The maximum Gasteiger partial charge on any atom is 0.136 e. The van der Waals surface area contributed by atoms with E-state index >= 15 is 0 Å². The molecule has 0 unspecified atom stereocenters. The fourth-order valence-corrected chi connectivity index (χ4v) is 6.12. The fourth-order valence-electron chi connectivity index (χ4n) is 6.12. The summed E-state index contributed by atoms with van der Waals surface area (Å²) >= 11 is 0. The second kappa shape index (κ2) is 8.43. The van der Waals surface area contributed by atoms with Gasteiger partial charge in [-0.3, -0.25) is 4.79 Å². The van der Waals surface area contributed by atoms with E-state index < -0.39 is 0 Å². The van der Waals surface area contributed by atoms with Crippen LogP contribution >= 0.6 is 0 Å². The van der Waals surface area contributed by atoms with Gasteiger partial charge in [0.05, 0.1) is 0 Å². The average molecular weight is 383 g/mol. The Hall–Kier alpha value is -1.57. The lowest BCUT2D eigenvalue weighted by atomic mass is 9.58. The van der Waals surface area contributed by atoms with Crippen LogP contribution in [0.4, 0.5) is 0 Å². The number of phenolic OH excluding ortho intramolecular Hbond substituents is 1. The van der Waals surface area contributed by atoms with Crippen molar-refractivity contribution in [2.24, 2.45) is 35.0 Å². The Balaban J connectivity index is 1.75. The summed E-state index contributed by atoms with van der Waals surface area (Å²) in [6.07, 6.45) is 10.8. The van der Waals surface area contributed by atoms with Gasteiger partial charge in [-0.1, -0.05) is 45.9 Å². The highest BCUT2D eigenvalue weighted by Gasteiger charge is 2.54. The monoisotopic (exact) mass is 382 g/mol. The molecule has 0 heterocycles. The van der Waals surface area contributed by atoms with Crippen molar-refractivity contribution >= 4 is 5.78 Å². The Bertz CT molecular complexity index is 732. The topological polar surface area (TPSA) is 37.3 Å². The summed E-state index contributed by atoms with van der Waals surface area (Å²) in [6.45, 7) is 11.4.